The Morgan fingerprint density at radius 3 is 2.82 bits per heavy atom. The number of thioether (sulfide) groups is 1. The molecule has 3 rings (SSSR count). The van der Waals surface area contributed by atoms with E-state index in [1.807, 2.05) is 30.0 Å². The summed E-state index contributed by atoms with van der Waals surface area (Å²) in [5.41, 5.74) is 6.86. The molecule has 1 amide bonds. The molecule has 0 aliphatic heterocycles. The third-order valence-electron chi connectivity index (χ3n) is 3.85. The third kappa shape index (κ3) is 3.54. The Hall–Kier alpha value is -1.72. The van der Waals surface area contributed by atoms with E-state index < -0.39 is 0 Å². The van der Waals surface area contributed by atoms with Crippen LogP contribution in [0.3, 0.4) is 0 Å². The summed E-state index contributed by atoms with van der Waals surface area (Å²) in [6.45, 7) is 0.293. The van der Waals surface area contributed by atoms with Crippen LogP contribution in [0.2, 0.25) is 0 Å². The molecule has 1 aromatic heterocycles. The van der Waals surface area contributed by atoms with Gasteiger partial charge in [-0.3, -0.25) is 4.79 Å². The van der Waals surface area contributed by atoms with Gasteiger partial charge in [0.05, 0.1) is 17.8 Å². The minimum atomic E-state index is -0.164. The summed E-state index contributed by atoms with van der Waals surface area (Å²) in [5.74, 6) is 0.446. The van der Waals surface area contributed by atoms with Crippen molar-refractivity contribution in [1.82, 2.24) is 0 Å². The van der Waals surface area contributed by atoms with Gasteiger partial charge in [0.15, 0.2) is 0 Å². The molecule has 22 heavy (non-hydrogen) atoms. The average Bonchev–Trinajstić information content (AvgIpc) is 3.20. The maximum atomic E-state index is 12.3. The van der Waals surface area contributed by atoms with Crippen molar-refractivity contribution >= 4 is 23.4 Å². The lowest BCUT2D eigenvalue weighted by Crippen LogP contribution is -2.12. The first kappa shape index (κ1) is 15.2. The SMILES string of the molecule is NCc1cc(C(=O)Nc2ccccc2SC2CCCC2)co1. The lowest BCUT2D eigenvalue weighted by Gasteiger charge is -2.13. The van der Waals surface area contributed by atoms with Gasteiger partial charge in [0, 0.05) is 10.1 Å². The molecule has 1 aliphatic carbocycles. The number of carbonyl (C=O) groups is 1. The number of carbonyl (C=O) groups excluding carboxylic acids is 1. The Labute approximate surface area is 134 Å². The topological polar surface area (TPSA) is 68.3 Å². The fraction of sp³-hybridized carbons (Fsp3) is 0.353. The largest absolute Gasteiger partial charge is 0.467 e. The van der Waals surface area contributed by atoms with Crippen LogP contribution in [-0.2, 0) is 6.54 Å². The second-order valence-electron chi connectivity index (χ2n) is 5.48. The first-order valence-corrected chi connectivity index (χ1v) is 8.49. The van der Waals surface area contributed by atoms with Gasteiger partial charge in [-0.25, -0.2) is 0 Å². The van der Waals surface area contributed by atoms with Crippen molar-refractivity contribution in [2.75, 3.05) is 5.32 Å². The summed E-state index contributed by atoms with van der Waals surface area (Å²) in [7, 11) is 0. The lowest BCUT2D eigenvalue weighted by atomic mass is 10.2. The van der Waals surface area contributed by atoms with Crippen molar-refractivity contribution < 1.29 is 9.21 Å². The predicted octanol–water partition coefficient (Wildman–Crippen LogP) is 4.03. The number of furan rings is 1. The minimum Gasteiger partial charge on any atom is -0.467 e. The second-order valence-corrected chi connectivity index (χ2v) is 6.82. The van der Waals surface area contributed by atoms with E-state index in [1.165, 1.54) is 31.9 Å². The van der Waals surface area contributed by atoms with E-state index in [-0.39, 0.29) is 5.91 Å². The Morgan fingerprint density at radius 1 is 1.32 bits per heavy atom. The zero-order valence-corrected chi connectivity index (χ0v) is 13.2. The summed E-state index contributed by atoms with van der Waals surface area (Å²) in [6.07, 6.45) is 6.58. The van der Waals surface area contributed by atoms with Gasteiger partial charge in [-0.1, -0.05) is 25.0 Å². The molecule has 3 N–H and O–H groups in total. The van der Waals surface area contributed by atoms with E-state index in [4.69, 9.17) is 10.2 Å². The molecule has 2 aromatic rings. The van der Waals surface area contributed by atoms with Gasteiger partial charge in [0.1, 0.15) is 12.0 Å². The molecule has 1 aliphatic rings. The van der Waals surface area contributed by atoms with Crippen molar-refractivity contribution in [3.8, 4) is 0 Å². The fourth-order valence-electron chi connectivity index (χ4n) is 2.66. The number of nitrogens with one attached hydrogen (secondary N) is 1. The van der Waals surface area contributed by atoms with E-state index in [1.54, 1.807) is 6.07 Å². The van der Waals surface area contributed by atoms with E-state index in [0.29, 0.717) is 23.1 Å². The summed E-state index contributed by atoms with van der Waals surface area (Å²) in [4.78, 5) is 13.4. The van der Waals surface area contributed by atoms with Crippen molar-refractivity contribution in [1.29, 1.82) is 0 Å². The van der Waals surface area contributed by atoms with Crippen LogP contribution in [0.5, 0.6) is 0 Å². The molecule has 0 atom stereocenters. The number of anilines is 1. The highest BCUT2D eigenvalue weighted by Crippen LogP contribution is 2.38. The number of hydrogen-bond donors (Lipinski definition) is 2. The molecule has 0 unspecified atom stereocenters. The standard InChI is InChI=1S/C17H20N2O2S/c18-10-13-9-12(11-21-13)17(20)19-15-7-3-4-8-16(15)22-14-5-1-2-6-14/h3-4,7-9,11,14H,1-2,5-6,10,18H2,(H,19,20). The van der Waals surface area contributed by atoms with Crippen molar-refractivity contribution in [2.45, 2.75) is 42.4 Å². The van der Waals surface area contributed by atoms with Crippen LogP contribution in [0.15, 0.2) is 45.9 Å². The Morgan fingerprint density at radius 2 is 2.09 bits per heavy atom. The van der Waals surface area contributed by atoms with Crippen LogP contribution in [0.4, 0.5) is 5.69 Å². The molecular formula is C17H20N2O2S. The third-order valence-corrected chi connectivity index (χ3v) is 5.26. The monoisotopic (exact) mass is 316 g/mol. The molecular weight excluding hydrogens is 296 g/mol. The highest BCUT2D eigenvalue weighted by molar-refractivity contribution is 8.00. The Balaban J connectivity index is 1.72. The van der Waals surface area contributed by atoms with Gasteiger partial charge < -0.3 is 15.5 Å². The van der Waals surface area contributed by atoms with Gasteiger partial charge in [-0.15, -0.1) is 11.8 Å². The summed E-state index contributed by atoms with van der Waals surface area (Å²) in [5, 5.41) is 3.64. The highest BCUT2D eigenvalue weighted by atomic mass is 32.2. The molecule has 0 radical (unpaired) electrons. The Bertz CT molecular complexity index is 648. The molecule has 116 valence electrons. The van der Waals surface area contributed by atoms with Crippen LogP contribution in [-0.4, -0.2) is 11.2 Å². The van der Waals surface area contributed by atoms with Crippen molar-refractivity contribution in [2.24, 2.45) is 5.73 Å². The van der Waals surface area contributed by atoms with E-state index >= 15 is 0 Å². The van der Waals surface area contributed by atoms with Gasteiger partial charge in [-0.2, -0.15) is 0 Å². The number of nitrogens with two attached hydrogens (primary N) is 1. The van der Waals surface area contributed by atoms with Crippen molar-refractivity contribution in [3.05, 3.63) is 47.9 Å². The summed E-state index contributed by atoms with van der Waals surface area (Å²) < 4.78 is 5.22. The number of amides is 1. The predicted molar refractivity (Wildman–Crippen MR) is 89.1 cm³/mol. The lowest BCUT2D eigenvalue weighted by molar-refractivity contribution is 0.102. The molecule has 1 saturated carbocycles. The van der Waals surface area contributed by atoms with Crippen LogP contribution in [0.25, 0.3) is 0 Å². The smallest absolute Gasteiger partial charge is 0.258 e. The summed E-state index contributed by atoms with van der Waals surface area (Å²) >= 11 is 1.87. The second kappa shape index (κ2) is 7.03. The van der Waals surface area contributed by atoms with Gasteiger partial charge >= 0.3 is 0 Å². The average molecular weight is 316 g/mol. The fourth-order valence-corrected chi connectivity index (χ4v) is 3.99. The number of para-hydroxylation sites is 1. The van der Waals surface area contributed by atoms with Crippen LogP contribution < -0.4 is 11.1 Å². The molecule has 0 saturated heterocycles. The van der Waals surface area contributed by atoms with Crippen LogP contribution >= 0.6 is 11.8 Å². The molecule has 5 heteroatoms. The molecule has 1 aromatic carbocycles. The number of hydrogen-bond acceptors (Lipinski definition) is 4. The van der Waals surface area contributed by atoms with E-state index in [9.17, 15) is 4.79 Å². The Kier molecular flexibility index (Phi) is 4.85. The molecule has 1 fully saturated rings. The van der Waals surface area contributed by atoms with Gasteiger partial charge in [0.2, 0.25) is 0 Å². The molecule has 0 spiro atoms. The first-order valence-electron chi connectivity index (χ1n) is 7.61. The highest BCUT2D eigenvalue weighted by Gasteiger charge is 2.18. The number of rotatable bonds is 5. The van der Waals surface area contributed by atoms with E-state index in [2.05, 4.69) is 11.4 Å². The maximum Gasteiger partial charge on any atom is 0.258 e. The zero-order chi connectivity index (χ0) is 15.4. The van der Waals surface area contributed by atoms with Crippen LogP contribution in [0.1, 0.15) is 41.8 Å². The van der Waals surface area contributed by atoms with Gasteiger partial charge in [-0.05, 0) is 31.0 Å². The summed E-state index contributed by atoms with van der Waals surface area (Å²) in [6, 6.07) is 9.65. The molecule has 1 heterocycles. The normalized spacial score (nSPS) is 15.1. The minimum absolute atomic E-state index is 0.164. The van der Waals surface area contributed by atoms with Crippen LogP contribution in [0, 0.1) is 0 Å². The number of benzene rings is 1. The van der Waals surface area contributed by atoms with Crippen molar-refractivity contribution in [3.63, 3.8) is 0 Å². The quantitative estimate of drug-likeness (QED) is 0.874. The maximum absolute atomic E-state index is 12.3. The zero-order valence-electron chi connectivity index (χ0n) is 12.4. The van der Waals surface area contributed by atoms with E-state index in [0.717, 1.165) is 10.6 Å². The first-order chi connectivity index (χ1) is 10.8. The molecule has 0 bridgehead atoms. The van der Waals surface area contributed by atoms with Gasteiger partial charge in [0.25, 0.3) is 5.91 Å². The molecule has 4 nitrogen and oxygen atoms in total.